The molecule has 2 aromatic rings. The van der Waals surface area contributed by atoms with Gasteiger partial charge in [0.15, 0.2) is 17.2 Å². The van der Waals surface area contributed by atoms with Crippen molar-refractivity contribution in [1.82, 2.24) is 15.4 Å². The molecule has 126 valence electrons. The van der Waals surface area contributed by atoms with Crippen molar-refractivity contribution >= 4 is 5.97 Å². The van der Waals surface area contributed by atoms with Crippen LogP contribution in [0.5, 0.6) is 11.5 Å². The van der Waals surface area contributed by atoms with E-state index < -0.39 is 5.97 Å². The van der Waals surface area contributed by atoms with Crippen LogP contribution in [-0.2, 0) is 4.74 Å². The number of H-pyrrole nitrogens is 1. The van der Waals surface area contributed by atoms with Gasteiger partial charge in [-0.3, -0.25) is 0 Å². The number of nitrogens with one attached hydrogen (secondary N) is 1. The Hall–Kier alpha value is -3.08. The second kappa shape index (κ2) is 8.53. The normalized spacial score (nSPS) is 10.0. The zero-order valence-corrected chi connectivity index (χ0v) is 13.5. The summed E-state index contributed by atoms with van der Waals surface area (Å²) in [5, 5.41) is 19.0. The first-order valence-corrected chi connectivity index (χ1v) is 7.47. The highest BCUT2D eigenvalue weighted by Crippen LogP contribution is 2.38. The van der Waals surface area contributed by atoms with Gasteiger partial charge in [0.05, 0.1) is 32.0 Å². The summed E-state index contributed by atoms with van der Waals surface area (Å²) >= 11 is 0. The summed E-state index contributed by atoms with van der Waals surface area (Å²) in [6.45, 7) is 2.29. The molecule has 0 fully saturated rings. The van der Waals surface area contributed by atoms with E-state index in [0.717, 1.165) is 0 Å². The Bertz CT molecular complexity index is 736. The molecule has 0 aliphatic rings. The smallest absolute Gasteiger partial charge is 0.361 e. The predicted octanol–water partition coefficient (Wildman–Crippen LogP) is 2.34. The highest BCUT2D eigenvalue weighted by atomic mass is 16.5. The van der Waals surface area contributed by atoms with E-state index in [-0.39, 0.29) is 12.3 Å². The Kier molecular flexibility index (Phi) is 6.14. The van der Waals surface area contributed by atoms with Crippen molar-refractivity contribution in [3.63, 3.8) is 0 Å². The summed E-state index contributed by atoms with van der Waals surface area (Å²) < 4.78 is 16.1. The summed E-state index contributed by atoms with van der Waals surface area (Å²) in [5.74, 6) is 0.374. The van der Waals surface area contributed by atoms with Crippen molar-refractivity contribution in [2.75, 3.05) is 20.3 Å². The van der Waals surface area contributed by atoms with Gasteiger partial charge >= 0.3 is 5.97 Å². The van der Waals surface area contributed by atoms with Crippen LogP contribution in [0.4, 0.5) is 0 Å². The maximum Gasteiger partial charge on any atom is 0.361 e. The number of carbonyl (C=O) groups is 1. The lowest BCUT2D eigenvalue weighted by atomic mass is 10.1. The summed E-state index contributed by atoms with van der Waals surface area (Å²) in [6.07, 6.45) is 0.972. The molecule has 0 radical (unpaired) electrons. The molecule has 2 rings (SSSR count). The third kappa shape index (κ3) is 3.81. The van der Waals surface area contributed by atoms with E-state index in [9.17, 15) is 4.79 Å². The summed E-state index contributed by atoms with van der Waals surface area (Å²) in [7, 11) is 1.52. The van der Waals surface area contributed by atoms with E-state index in [4.69, 9.17) is 19.5 Å². The SMILES string of the molecule is CCOC(=O)c1n[nH]nc1-c1cccc(OC)c1OCCCC#N. The number of nitriles is 1. The van der Waals surface area contributed by atoms with Crippen LogP contribution >= 0.6 is 0 Å². The number of nitrogens with zero attached hydrogens (tertiary/aromatic N) is 3. The van der Waals surface area contributed by atoms with E-state index in [0.29, 0.717) is 42.2 Å². The summed E-state index contributed by atoms with van der Waals surface area (Å²) in [5.41, 5.74) is 0.956. The van der Waals surface area contributed by atoms with Gasteiger partial charge in [0.1, 0.15) is 5.69 Å². The fraction of sp³-hybridized carbons (Fsp3) is 0.375. The Balaban J connectivity index is 2.38. The Morgan fingerprint density at radius 2 is 2.21 bits per heavy atom. The molecule has 24 heavy (non-hydrogen) atoms. The highest BCUT2D eigenvalue weighted by molar-refractivity contribution is 5.95. The van der Waals surface area contributed by atoms with Gasteiger partial charge in [-0.1, -0.05) is 6.07 Å². The number of hydrogen-bond acceptors (Lipinski definition) is 7. The van der Waals surface area contributed by atoms with E-state index in [1.807, 2.05) is 0 Å². The number of aromatic nitrogens is 3. The van der Waals surface area contributed by atoms with Gasteiger partial charge < -0.3 is 14.2 Å². The number of hydrogen-bond donors (Lipinski definition) is 1. The van der Waals surface area contributed by atoms with Crippen molar-refractivity contribution < 1.29 is 19.0 Å². The number of rotatable bonds is 8. The van der Waals surface area contributed by atoms with E-state index in [1.165, 1.54) is 7.11 Å². The maximum atomic E-state index is 12.0. The minimum atomic E-state index is -0.570. The quantitative estimate of drug-likeness (QED) is 0.584. The molecular weight excluding hydrogens is 312 g/mol. The Morgan fingerprint density at radius 3 is 2.92 bits per heavy atom. The first kappa shape index (κ1) is 17.3. The molecule has 8 nitrogen and oxygen atoms in total. The van der Waals surface area contributed by atoms with Crippen LogP contribution in [0.25, 0.3) is 11.3 Å². The van der Waals surface area contributed by atoms with Gasteiger partial charge in [-0.25, -0.2) is 4.79 Å². The monoisotopic (exact) mass is 330 g/mol. The van der Waals surface area contributed by atoms with Crippen LogP contribution < -0.4 is 9.47 Å². The molecule has 8 heteroatoms. The van der Waals surface area contributed by atoms with Crippen LogP contribution in [0.1, 0.15) is 30.3 Å². The lowest BCUT2D eigenvalue weighted by Crippen LogP contribution is -2.07. The molecule has 1 heterocycles. The fourth-order valence-corrected chi connectivity index (χ4v) is 2.10. The molecule has 0 spiro atoms. The fourth-order valence-electron chi connectivity index (χ4n) is 2.10. The van der Waals surface area contributed by atoms with Gasteiger partial charge in [0.25, 0.3) is 0 Å². The molecule has 0 bridgehead atoms. The number of ether oxygens (including phenoxy) is 3. The summed E-state index contributed by atoms with van der Waals surface area (Å²) in [6, 6.07) is 7.32. The molecule has 0 aliphatic carbocycles. The molecule has 0 saturated carbocycles. The minimum Gasteiger partial charge on any atom is -0.493 e. The molecular formula is C16H18N4O4. The number of unbranched alkanes of at least 4 members (excludes halogenated alkanes) is 1. The molecule has 1 aromatic carbocycles. The van der Waals surface area contributed by atoms with Crippen molar-refractivity contribution in [3.05, 3.63) is 23.9 Å². The first-order chi connectivity index (χ1) is 11.7. The zero-order valence-electron chi connectivity index (χ0n) is 13.5. The first-order valence-electron chi connectivity index (χ1n) is 7.47. The highest BCUT2D eigenvalue weighted by Gasteiger charge is 2.23. The number of para-hydroxylation sites is 1. The topological polar surface area (TPSA) is 110 Å². The number of aromatic amines is 1. The van der Waals surface area contributed by atoms with Crippen LogP contribution in [-0.4, -0.2) is 41.7 Å². The average Bonchev–Trinajstić information content (AvgIpc) is 3.08. The standard InChI is InChI=1S/C16H18N4O4/c1-3-23-16(21)14-13(18-20-19-14)11-7-6-8-12(22-2)15(11)24-10-5-4-9-17/h6-8H,3-5,10H2,1-2H3,(H,18,19,20). The van der Waals surface area contributed by atoms with Crippen molar-refractivity contribution in [1.29, 1.82) is 5.26 Å². The maximum absolute atomic E-state index is 12.0. The number of benzene rings is 1. The zero-order chi connectivity index (χ0) is 17.4. The number of carbonyl (C=O) groups excluding carboxylic acids is 1. The third-order valence-corrected chi connectivity index (χ3v) is 3.15. The largest absolute Gasteiger partial charge is 0.493 e. The van der Waals surface area contributed by atoms with Crippen LogP contribution in [0, 0.1) is 11.3 Å². The molecule has 1 N–H and O–H groups in total. The molecule has 0 saturated heterocycles. The van der Waals surface area contributed by atoms with Crippen molar-refractivity contribution in [2.45, 2.75) is 19.8 Å². The van der Waals surface area contributed by atoms with Gasteiger partial charge in [-0.2, -0.15) is 15.6 Å². The number of methoxy groups -OCH3 is 1. The Morgan fingerprint density at radius 1 is 1.38 bits per heavy atom. The molecule has 1 aromatic heterocycles. The van der Waals surface area contributed by atoms with Crippen molar-refractivity contribution in [3.8, 4) is 28.8 Å². The van der Waals surface area contributed by atoms with Crippen molar-refractivity contribution in [2.24, 2.45) is 0 Å². The van der Waals surface area contributed by atoms with E-state index >= 15 is 0 Å². The number of esters is 1. The molecule has 0 atom stereocenters. The second-order valence-corrected chi connectivity index (χ2v) is 4.69. The minimum absolute atomic E-state index is 0.0759. The van der Waals surface area contributed by atoms with Crippen LogP contribution in [0.3, 0.4) is 0 Å². The second-order valence-electron chi connectivity index (χ2n) is 4.69. The van der Waals surface area contributed by atoms with Gasteiger partial charge in [-0.05, 0) is 25.5 Å². The molecule has 0 aliphatic heterocycles. The lowest BCUT2D eigenvalue weighted by molar-refractivity contribution is 0.0520. The predicted molar refractivity (Wildman–Crippen MR) is 84.7 cm³/mol. The van der Waals surface area contributed by atoms with Gasteiger partial charge in [0.2, 0.25) is 0 Å². The van der Waals surface area contributed by atoms with Crippen LogP contribution in [0.2, 0.25) is 0 Å². The summed E-state index contributed by atoms with van der Waals surface area (Å²) in [4.78, 5) is 12.0. The van der Waals surface area contributed by atoms with Crippen LogP contribution in [0.15, 0.2) is 18.2 Å². The average molecular weight is 330 g/mol. The third-order valence-electron chi connectivity index (χ3n) is 3.15. The lowest BCUT2D eigenvalue weighted by Gasteiger charge is -2.14. The Labute approximate surface area is 139 Å². The van der Waals surface area contributed by atoms with Gasteiger partial charge in [0, 0.05) is 6.42 Å². The van der Waals surface area contributed by atoms with E-state index in [2.05, 4.69) is 21.5 Å². The van der Waals surface area contributed by atoms with E-state index in [1.54, 1.807) is 25.1 Å². The molecule has 0 amide bonds. The molecule has 0 unspecified atom stereocenters. The van der Waals surface area contributed by atoms with Gasteiger partial charge in [-0.15, -0.1) is 5.10 Å².